The van der Waals surface area contributed by atoms with Gasteiger partial charge in [-0.05, 0) is 65.8 Å². The fraction of sp³-hybridized carbons (Fsp3) is 0.174. The third-order valence-electron chi connectivity index (χ3n) is 4.92. The number of hydrogen-bond donors (Lipinski definition) is 1. The van der Waals surface area contributed by atoms with E-state index in [1.807, 2.05) is 60.7 Å². The maximum atomic E-state index is 11.6. The smallest absolute Gasteiger partial charge is 0.310 e. The largest absolute Gasteiger partial charge is 0.481 e. The normalized spacial score (nSPS) is 15.9. The van der Waals surface area contributed by atoms with Crippen LogP contribution in [0.4, 0.5) is 0 Å². The average molecular weight is 344 g/mol. The third-order valence-corrected chi connectivity index (χ3v) is 4.92. The highest BCUT2D eigenvalue weighted by molar-refractivity contribution is 5.78. The number of ether oxygens (including phenoxy) is 1. The molecule has 1 atom stereocenters. The van der Waals surface area contributed by atoms with Crippen molar-refractivity contribution in [1.82, 2.24) is 0 Å². The van der Waals surface area contributed by atoms with E-state index < -0.39 is 5.97 Å². The molecule has 0 radical (unpaired) electrons. The molecule has 0 spiro atoms. The zero-order valence-corrected chi connectivity index (χ0v) is 14.4. The van der Waals surface area contributed by atoms with E-state index >= 15 is 0 Å². The fourth-order valence-corrected chi connectivity index (χ4v) is 3.58. The van der Waals surface area contributed by atoms with Gasteiger partial charge in [-0.3, -0.25) is 4.79 Å². The average Bonchev–Trinajstić information content (AvgIpc) is 2.68. The fourth-order valence-electron chi connectivity index (χ4n) is 3.58. The van der Waals surface area contributed by atoms with Crippen molar-refractivity contribution >= 4 is 5.97 Å². The van der Waals surface area contributed by atoms with Gasteiger partial charge < -0.3 is 9.84 Å². The van der Waals surface area contributed by atoms with Gasteiger partial charge in [-0.1, -0.05) is 48.5 Å². The lowest BCUT2D eigenvalue weighted by Gasteiger charge is -2.23. The van der Waals surface area contributed by atoms with Crippen molar-refractivity contribution in [2.24, 2.45) is 0 Å². The Kier molecular flexibility index (Phi) is 4.44. The van der Waals surface area contributed by atoms with Gasteiger partial charge in [-0.25, -0.2) is 0 Å². The van der Waals surface area contributed by atoms with E-state index in [0.29, 0.717) is 0 Å². The van der Waals surface area contributed by atoms with Crippen LogP contribution in [0.1, 0.15) is 29.9 Å². The number of fused-ring (bicyclic) bond motifs is 1. The molecule has 0 saturated carbocycles. The number of aryl methyl sites for hydroxylation is 1. The highest BCUT2D eigenvalue weighted by atomic mass is 16.5. The molecule has 0 aliphatic heterocycles. The summed E-state index contributed by atoms with van der Waals surface area (Å²) in [6, 6.07) is 23.8. The lowest BCUT2D eigenvalue weighted by Crippen LogP contribution is -2.17. The summed E-state index contributed by atoms with van der Waals surface area (Å²) in [5, 5.41) is 9.51. The quantitative estimate of drug-likeness (QED) is 0.665. The first kappa shape index (κ1) is 16.4. The van der Waals surface area contributed by atoms with Crippen LogP contribution in [0.3, 0.4) is 0 Å². The number of para-hydroxylation sites is 1. The van der Waals surface area contributed by atoms with Crippen molar-refractivity contribution < 1.29 is 14.6 Å². The van der Waals surface area contributed by atoms with Crippen LogP contribution in [0, 0.1) is 0 Å². The molecule has 0 saturated heterocycles. The molecule has 1 aliphatic rings. The predicted octanol–water partition coefficient (Wildman–Crippen LogP) is 5.65. The Balaban J connectivity index is 1.60. The Morgan fingerprint density at radius 2 is 1.58 bits per heavy atom. The Morgan fingerprint density at radius 3 is 2.31 bits per heavy atom. The minimum atomic E-state index is -0.727. The van der Waals surface area contributed by atoms with E-state index in [1.54, 1.807) is 0 Å². The molecule has 3 aromatic carbocycles. The second kappa shape index (κ2) is 7.04. The number of carboxylic acid groups (broad SMARTS) is 1. The number of carbonyl (C=O) groups is 1. The monoisotopic (exact) mass is 344 g/mol. The van der Waals surface area contributed by atoms with Crippen molar-refractivity contribution in [1.29, 1.82) is 0 Å². The van der Waals surface area contributed by atoms with Crippen LogP contribution < -0.4 is 4.74 Å². The molecule has 0 fully saturated rings. The van der Waals surface area contributed by atoms with Gasteiger partial charge >= 0.3 is 5.97 Å². The van der Waals surface area contributed by atoms with Gasteiger partial charge in [0.1, 0.15) is 11.5 Å². The van der Waals surface area contributed by atoms with Crippen LogP contribution in [0.2, 0.25) is 0 Å². The summed E-state index contributed by atoms with van der Waals surface area (Å²) in [4.78, 5) is 11.6. The van der Waals surface area contributed by atoms with Gasteiger partial charge in [-0.15, -0.1) is 0 Å². The third kappa shape index (κ3) is 3.33. The minimum absolute atomic E-state index is 0.389. The molecular weight excluding hydrogens is 324 g/mol. The number of rotatable bonds is 4. The van der Waals surface area contributed by atoms with Crippen molar-refractivity contribution in [2.45, 2.75) is 25.2 Å². The maximum absolute atomic E-state index is 11.6. The van der Waals surface area contributed by atoms with Crippen molar-refractivity contribution in [3.05, 3.63) is 83.9 Å². The Labute approximate surface area is 152 Å². The van der Waals surface area contributed by atoms with Gasteiger partial charge in [0.25, 0.3) is 0 Å². The Morgan fingerprint density at radius 1 is 0.885 bits per heavy atom. The lowest BCUT2D eigenvalue weighted by molar-refractivity contribution is -0.139. The summed E-state index contributed by atoms with van der Waals surface area (Å²) in [7, 11) is 0. The molecule has 0 aromatic heterocycles. The van der Waals surface area contributed by atoms with Gasteiger partial charge in [0.15, 0.2) is 0 Å². The summed E-state index contributed by atoms with van der Waals surface area (Å²) in [6.07, 6.45) is 2.62. The van der Waals surface area contributed by atoms with Crippen LogP contribution >= 0.6 is 0 Å². The van der Waals surface area contributed by atoms with E-state index in [9.17, 15) is 9.90 Å². The number of hydrogen-bond acceptors (Lipinski definition) is 2. The molecule has 1 N–H and O–H groups in total. The molecule has 0 bridgehead atoms. The first-order chi connectivity index (χ1) is 12.7. The van der Waals surface area contributed by atoms with Crippen molar-refractivity contribution in [2.75, 3.05) is 0 Å². The summed E-state index contributed by atoms with van der Waals surface area (Å²) in [6.45, 7) is 0. The van der Waals surface area contributed by atoms with Gasteiger partial charge in [-0.2, -0.15) is 0 Å². The van der Waals surface area contributed by atoms with Gasteiger partial charge in [0, 0.05) is 0 Å². The number of carboxylic acids is 1. The second-order valence-corrected chi connectivity index (χ2v) is 6.64. The van der Waals surface area contributed by atoms with Crippen LogP contribution in [0.25, 0.3) is 11.1 Å². The van der Waals surface area contributed by atoms with Crippen LogP contribution in [0.15, 0.2) is 72.8 Å². The van der Waals surface area contributed by atoms with E-state index in [2.05, 4.69) is 12.1 Å². The van der Waals surface area contributed by atoms with E-state index in [-0.39, 0.29) is 5.92 Å². The molecule has 4 rings (SSSR count). The first-order valence-electron chi connectivity index (χ1n) is 8.90. The molecule has 3 heteroatoms. The molecule has 3 nitrogen and oxygen atoms in total. The SMILES string of the molecule is O=C(O)C1CCCc2ccc(-c3ccc(Oc4ccccc4)cc3)cc21. The van der Waals surface area contributed by atoms with Gasteiger partial charge in [0.05, 0.1) is 5.92 Å². The molecule has 26 heavy (non-hydrogen) atoms. The van der Waals surface area contributed by atoms with Crippen LogP contribution in [0.5, 0.6) is 11.5 Å². The summed E-state index contributed by atoms with van der Waals surface area (Å²) >= 11 is 0. The second-order valence-electron chi connectivity index (χ2n) is 6.64. The molecule has 3 aromatic rings. The van der Waals surface area contributed by atoms with Crippen molar-refractivity contribution in [3.63, 3.8) is 0 Å². The highest BCUT2D eigenvalue weighted by Gasteiger charge is 2.26. The number of benzene rings is 3. The molecular formula is C23H20O3. The van der Waals surface area contributed by atoms with Gasteiger partial charge in [0.2, 0.25) is 0 Å². The van der Waals surface area contributed by atoms with Crippen LogP contribution in [-0.4, -0.2) is 11.1 Å². The number of aliphatic carboxylic acids is 1. The minimum Gasteiger partial charge on any atom is -0.481 e. The zero-order valence-electron chi connectivity index (χ0n) is 14.4. The molecule has 0 amide bonds. The molecule has 1 aliphatic carbocycles. The molecule has 0 heterocycles. The van der Waals surface area contributed by atoms with Crippen LogP contribution in [-0.2, 0) is 11.2 Å². The highest BCUT2D eigenvalue weighted by Crippen LogP contribution is 2.35. The predicted molar refractivity (Wildman–Crippen MR) is 102 cm³/mol. The van der Waals surface area contributed by atoms with Crippen molar-refractivity contribution in [3.8, 4) is 22.6 Å². The standard InChI is InChI=1S/C23H20O3/c24-23(25)21-8-4-5-17-9-10-18(15-22(17)21)16-11-13-20(14-12-16)26-19-6-2-1-3-7-19/h1-3,6-7,9-15,21H,4-5,8H2,(H,24,25). The first-order valence-corrected chi connectivity index (χ1v) is 8.90. The Bertz CT molecular complexity index is 914. The molecule has 1 unspecified atom stereocenters. The summed E-state index contributed by atoms with van der Waals surface area (Å²) < 4.78 is 5.83. The van der Waals surface area contributed by atoms with E-state index in [4.69, 9.17) is 4.74 Å². The maximum Gasteiger partial charge on any atom is 0.310 e. The van der Waals surface area contributed by atoms with E-state index in [0.717, 1.165) is 53.0 Å². The Hall–Kier alpha value is -3.07. The topological polar surface area (TPSA) is 46.5 Å². The molecule has 130 valence electrons. The van der Waals surface area contributed by atoms with E-state index in [1.165, 1.54) is 0 Å². The lowest BCUT2D eigenvalue weighted by atomic mass is 9.81. The summed E-state index contributed by atoms with van der Waals surface area (Å²) in [5.74, 6) is 0.466. The zero-order chi connectivity index (χ0) is 17.9. The summed E-state index contributed by atoms with van der Waals surface area (Å²) in [5.41, 5.74) is 4.23.